The number of fused-ring (bicyclic) bond motifs is 1. The van der Waals surface area contributed by atoms with Crippen LogP contribution in [0.25, 0.3) is 10.1 Å². The first-order valence-electron chi connectivity index (χ1n) is 3.63. The van der Waals surface area contributed by atoms with Gasteiger partial charge in [-0.3, -0.25) is 0 Å². The third kappa shape index (κ3) is 1.78. The molecule has 0 fully saturated rings. The first kappa shape index (κ1) is 10.3. The average molecular weight is 385 g/mol. The van der Waals surface area contributed by atoms with Gasteiger partial charge < -0.3 is 0 Å². The van der Waals surface area contributed by atoms with Gasteiger partial charge >= 0.3 is 0 Å². The molecule has 68 valence electrons. The van der Waals surface area contributed by atoms with Crippen molar-refractivity contribution in [1.29, 1.82) is 0 Å². The molecule has 0 bridgehead atoms. The van der Waals surface area contributed by atoms with Crippen LogP contribution in [0.2, 0.25) is 0 Å². The molecule has 0 atom stereocenters. The van der Waals surface area contributed by atoms with Crippen molar-refractivity contribution >= 4 is 71.7 Å². The largest absolute Gasteiger partial charge is 0.141 e. The Balaban J connectivity index is 2.80. The normalized spacial score (nSPS) is 11.0. The number of hydrogen-bond acceptors (Lipinski definition) is 2. The van der Waals surface area contributed by atoms with E-state index in [2.05, 4.69) is 62.3 Å². The van der Waals surface area contributed by atoms with Crippen LogP contribution in [0.1, 0.15) is 0 Å². The van der Waals surface area contributed by atoms with Crippen LogP contribution >= 0.6 is 61.6 Å². The third-order valence-corrected chi connectivity index (χ3v) is 6.42. The molecule has 0 saturated carbocycles. The second kappa shape index (κ2) is 4.08. The molecule has 0 saturated heterocycles. The summed E-state index contributed by atoms with van der Waals surface area (Å²) in [6.45, 7) is 0. The molecule has 0 aliphatic carbocycles. The van der Waals surface area contributed by atoms with Crippen molar-refractivity contribution in [3.8, 4) is 0 Å². The molecular weight excluding hydrogens is 379 g/mol. The van der Waals surface area contributed by atoms with Gasteiger partial charge in [0.15, 0.2) is 0 Å². The fourth-order valence-electron chi connectivity index (χ4n) is 1.17. The standard InChI is InChI=1S/C9H6BrIS2/c1-12-7-3-2-5-6(10)4-13-9(5)8(7)11/h2-4H,1H3. The zero-order chi connectivity index (χ0) is 9.42. The highest BCUT2D eigenvalue weighted by atomic mass is 127. The van der Waals surface area contributed by atoms with E-state index in [0.29, 0.717) is 0 Å². The van der Waals surface area contributed by atoms with Gasteiger partial charge in [-0.05, 0) is 50.8 Å². The Hall–Kier alpha value is 0.740. The van der Waals surface area contributed by atoms with Crippen LogP contribution in [0.4, 0.5) is 0 Å². The highest BCUT2D eigenvalue weighted by Crippen LogP contribution is 2.37. The Bertz CT molecular complexity index is 450. The van der Waals surface area contributed by atoms with Crippen LogP contribution in [0, 0.1) is 3.57 Å². The molecular formula is C9H6BrIS2. The lowest BCUT2D eigenvalue weighted by molar-refractivity contribution is 1.47. The fourth-order valence-corrected chi connectivity index (χ4v) is 4.84. The summed E-state index contributed by atoms with van der Waals surface area (Å²) in [5.74, 6) is 0. The Morgan fingerprint density at radius 3 is 2.92 bits per heavy atom. The summed E-state index contributed by atoms with van der Waals surface area (Å²) in [4.78, 5) is 1.36. The van der Waals surface area contributed by atoms with Crippen LogP contribution in [-0.4, -0.2) is 6.26 Å². The number of benzene rings is 1. The van der Waals surface area contributed by atoms with E-state index < -0.39 is 0 Å². The molecule has 0 N–H and O–H groups in total. The SMILES string of the molecule is CSc1ccc2c(Br)csc2c1I. The highest BCUT2D eigenvalue weighted by Gasteiger charge is 2.07. The minimum atomic E-state index is 1.21. The summed E-state index contributed by atoms with van der Waals surface area (Å²) in [7, 11) is 0. The van der Waals surface area contributed by atoms with Crippen molar-refractivity contribution in [2.24, 2.45) is 0 Å². The van der Waals surface area contributed by atoms with Crippen LogP contribution < -0.4 is 0 Å². The van der Waals surface area contributed by atoms with Crippen molar-refractivity contribution in [2.45, 2.75) is 4.90 Å². The molecule has 4 heteroatoms. The first-order chi connectivity index (χ1) is 6.24. The van der Waals surface area contributed by atoms with Crippen LogP contribution in [-0.2, 0) is 0 Å². The third-order valence-electron chi connectivity index (χ3n) is 1.82. The van der Waals surface area contributed by atoms with E-state index in [1.165, 1.54) is 23.0 Å². The number of rotatable bonds is 1. The number of hydrogen-bond donors (Lipinski definition) is 0. The van der Waals surface area contributed by atoms with E-state index in [1.807, 2.05) is 0 Å². The van der Waals surface area contributed by atoms with Crippen LogP contribution in [0.3, 0.4) is 0 Å². The molecule has 2 aromatic rings. The Kier molecular flexibility index (Phi) is 3.22. The van der Waals surface area contributed by atoms with Gasteiger partial charge in [-0.25, -0.2) is 0 Å². The summed E-state index contributed by atoms with van der Waals surface area (Å²) in [5.41, 5.74) is 0. The van der Waals surface area contributed by atoms with Gasteiger partial charge in [-0.1, -0.05) is 6.07 Å². The fraction of sp³-hybridized carbons (Fsp3) is 0.111. The van der Waals surface area contributed by atoms with Crippen molar-refractivity contribution in [3.05, 3.63) is 25.6 Å². The summed E-state index contributed by atoms with van der Waals surface area (Å²) in [6, 6.07) is 4.37. The summed E-state index contributed by atoms with van der Waals surface area (Å²) in [5, 5.41) is 3.48. The predicted molar refractivity (Wildman–Crippen MR) is 74.0 cm³/mol. The smallest absolute Gasteiger partial charge is 0.0499 e. The topological polar surface area (TPSA) is 0 Å². The Morgan fingerprint density at radius 2 is 2.23 bits per heavy atom. The lowest BCUT2D eigenvalue weighted by Gasteiger charge is -2.01. The van der Waals surface area contributed by atoms with Crippen LogP contribution in [0.15, 0.2) is 26.9 Å². The zero-order valence-electron chi connectivity index (χ0n) is 6.80. The van der Waals surface area contributed by atoms with Crippen molar-refractivity contribution in [2.75, 3.05) is 6.26 Å². The van der Waals surface area contributed by atoms with Crippen molar-refractivity contribution in [3.63, 3.8) is 0 Å². The van der Waals surface area contributed by atoms with E-state index in [4.69, 9.17) is 0 Å². The molecule has 2 rings (SSSR count). The van der Waals surface area contributed by atoms with E-state index in [0.717, 1.165) is 0 Å². The van der Waals surface area contributed by atoms with Gasteiger partial charge in [0.05, 0.1) is 0 Å². The second-order valence-corrected chi connectivity index (χ2v) is 6.20. The summed E-state index contributed by atoms with van der Waals surface area (Å²) in [6.07, 6.45) is 2.12. The van der Waals surface area contributed by atoms with E-state index in [-0.39, 0.29) is 0 Å². The minimum absolute atomic E-state index is 1.21. The Labute approximate surface area is 107 Å². The summed E-state index contributed by atoms with van der Waals surface area (Å²) >= 11 is 9.57. The van der Waals surface area contributed by atoms with Gasteiger partial charge in [0.2, 0.25) is 0 Å². The molecule has 0 spiro atoms. The monoisotopic (exact) mass is 384 g/mol. The van der Waals surface area contributed by atoms with Gasteiger partial charge in [-0.15, -0.1) is 23.1 Å². The molecule has 0 nitrogen and oxygen atoms in total. The number of thiophene rings is 1. The molecule has 1 heterocycles. The van der Waals surface area contributed by atoms with E-state index >= 15 is 0 Å². The zero-order valence-corrected chi connectivity index (χ0v) is 12.2. The first-order valence-corrected chi connectivity index (χ1v) is 7.61. The maximum Gasteiger partial charge on any atom is 0.0499 e. The molecule has 0 aliphatic heterocycles. The molecule has 13 heavy (non-hydrogen) atoms. The Morgan fingerprint density at radius 1 is 1.46 bits per heavy atom. The van der Waals surface area contributed by atoms with Gasteiger partial charge in [0, 0.05) is 28.4 Å². The molecule has 1 aromatic heterocycles. The van der Waals surface area contributed by atoms with Crippen molar-refractivity contribution in [1.82, 2.24) is 0 Å². The minimum Gasteiger partial charge on any atom is -0.141 e. The maximum absolute atomic E-state index is 3.55. The highest BCUT2D eigenvalue weighted by molar-refractivity contribution is 14.1. The lowest BCUT2D eigenvalue weighted by atomic mass is 10.3. The average Bonchev–Trinajstić information content (AvgIpc) is 2.50. The molecule has 0 amide bonds. The van der Waals surface area contributed by atoms with Crippen molar-refractivity contribution < 1.29 is 0 Å². The molecule has 0 unspecified atom stereocenters. The van der Waals surface area contributed by atoms with Gasteiger partial charge in [0.25, 0.3) is 0 Å². The number of thioether (sulfide) groups is 1. The number of halogens is 2. The maximum atomic E-state index is 3.55. The van der Waals surface area contributed by atoms with Gasteiger partial charge in [-0.2, -0.15) is 0 Å². The predicted octanol–water partition coefficient (Wildman–Crippen LogP) is 4.99. The second-order valence-electron chi connectivity index (χ2n) is 2.54. The van der Waals surface area contributed by atoms with Crippen LogP contribution in [0.5, 0.6) is 0 Å². The summed E-state index contributed by atoms with van der Waals surface area (Å²) < 4.78 is 3.97. The van der Waals surface area contributed by atoms with E-state index in [1.54, 1.807) is 23.1 Å². The quantitative estimate of drug-likeness (QED) is 0.493. The molecule has 0 aliphatic rings. The lowest BCUT2D eigenvalue weighted by Crippen LogP contribution is -1.77. The molecule has 1 aromatic carbocycles. The molecule has 0 radical (unpaired) electrons. The van der Waals surface area contributed by atoms with Gasteiger partial charge in [0.1, 0.15) is 0 Å². The van der Waals surface area contributed by atoms with E-state index in [9.17, 15) is 0 Å².